The van der Waals surface area contributed by atoms with Crippen LogP contribution in [0.4, 0.5) is 0 Å². The van der Waals surface area contributed by atoms with Gasteiger partial charge in [-0.2, -0.15) is 0 Å². The van der Waals surface area contributed by atoms with E-state index in [2.05, 4.69) is 52.1 Å². The standard InChI is InChI=1S/C13H19BrN2/c1-10-7-12(13(14)8-11(10)2)9-16-5-3-15-4-6-16/h7-8,15H,3-6,9H2,1-2H3. The lowest BCUT2D eigenvalue weighted by molar-refractivity contribution is 0.233. The van der Waals surface area contributed by atoms with Gasteiger partial charge in [-0.3, -0.25) is 4.90 Å². The summed E-state index contributed by atoms with van der Waals surface area (Å²) >= 11 is 3.67. The van der Waals surface area contributed by atoms with Gasteiger partial charge in [-0.15, -0.1) is 0 Å². The third-order valence-corrected chi connectivity index (χ3v) is 4.00. The first kappa shape index (κ1) is 12.1. The van der Waals surface area contributed by atoms with Crippen molar-refractivity contribution in [3.63, 3.8) is 0 Å². The van der Waals surface area contributed by atoms with Crippen molar-refractivity contribution in [3.05, 3.63) is 33.3 Å². The molecule has 0 spiro atoms. The molecule has 1 fully saturated rings. The van der Waals surface area contributed by atoms with Crippen molar-refractivity contribution in [2.45, 2.75) is 20.4 Å². The molecule has 1 N–H and O–H groups in total. The number of rotatable bonds is 2. The van der Waals surface area contributed by atoms with Gasteiger partial charge >= 0.3 is 0 Å². The number of aryl methyl sites for hydroxylation is 2. The average Bonchev–Trinajstić information content (AvgIpc) is 2.27. The Morgan fingerprint density at radius 1 is 1.19 bits per heavy atom. The summed E-state index contributed by atoms with van der Waals surface area (Å²) in [4.78, 5) is 2.51. The van der Waals surface area contributed by atoms with Crippen LogP contribution < -0.4 is 5.32 Å². The molecule has 88 valence electrons. The number of benzene rings is 1. The van der Waals surface area contributed by atoms with Crippen LogP contribution in [0, 0.1) is 13.8 Å². The van der Waals surface area contributed by atoms with Gasteiger partial charge in [0.2, 0.25) is 0 Å². The normalized spacial score (nSPS) is 17.7. The Bertz CT molecular complexity index is 370. The highest BCUT2D eigenvalue weighted by Gasteiger charge is 2.12. The number of piperazine rings is 1. The van der Waals surface area contributed by atoms with E-state index in [1.54, 1.807) is 0 Å². The van der Waals surface area contributed by atoms with Crippen LogP contribution in [0.1, 0.15) is 16.7 Å². The molecular weight excluding hydrogens is 264 g/mol. The van der Waals surface area contributed by atoms with E-state index >= 15 is 0 Å². The number of nitrogens with one attached hydrogen (secondary N) is 1. The molecule has 1 aromatic carbocycles. The second-order valence-electron chi connectivity index (χ2n) is 4.55. The second-order valence-corrected chi connectivity index (χ2v) is 5.41. The maximum Gasteiger partial charge on any atom is 0.0246 e. The van der Waals surface area contributed by atoms with Gasteiger partial charge in [0.15, 0.2) is 0 Å². The summed E-state index contributed by atoms with van der Waals surface area (Å²) in [6, 6.07) is 4.54. The molecule has 3 heteroatoms. The van der Waals surface area contributed by atoms with Crippen LogP contribution in [0.2, 0.25) is 0 Å². The molecule has 0 radical (unpaired) electrons. The Hall–Kier alpha value is -0.380. The van der Waals surface area contributed by atoms with E-state index < -0.39 is 0 Å². The van der Waals surface area contributed by atoms with Crippen LogP contribution in [-0.2, 0) is 6.54 Å². The molecule has 16 heavy (non-hydrogen) atoms. The molecule has 1 heterocycles. The molecule has 0 amide bonds. The number of nitrogens with zero attached hydrogens (tertiary/aromatic N) is 1. The first-order valence-electron chi connectivity index (χ1n) is 5.85. The summed E-state index contributed by atoms with van der Waals surface area (Å²) in [6.07, 6.45) is 0. The first-order valence-corrected chi connectivity index (χ1v) is 6.65. The van der Waals surface area contributed by atoms with Crippen LogP contribution in [0.3, 0.4) is 0 Å². The van der Waals surface area contributed by atoms with Crippen molar-refractivity contribution in [2.75, 3.05) is 26.2 Å². The van der Waals surface area contributed by atoms with E-state index in [-0.39, 0.29) is 0 Å². The van der Waals surface area contributed by atoms with Crippen LogP contribution in [-0.4, -0.2) is 31.1 Å². The zero-order chi connectivity index (χ0) is 11.5. The van der Waals surface area contributed by atoms with Crippen LogP contribution in [0.15, 0.2) is 16.6 Å². The number of hydrogen-bond donors (Lipinski definition) is 1. The van der Waals surface area contributed by atoms with Gasteiger partial charge in [0.05, 0.1) is 0 Å². The Balaban J connectivity index is 2.11. The lowest BCUT2D eigenvalue weighted by Gasteiger charge is -2.27. The van der Waals surface area contributed by atoms with Crippen LogP contribution in [0.25, 0.3) is 0 Å². The second kappa shape index (κ2) is 5.30. The quantitative estimate of drug-likeness (QED) is 0.897. The Morgan fingerprint density at radius 2 is 1.81 bits per heavy atom. The highest BCUT2D eigenvalue weighted by molar-refractivity contribution is 9.10. The SMILES string of the molecule is Cc1cc(Br)c(CN2CCNCC2)cc1C. The summed E-state index contributed by atoms with van der Waals surface area (Å²) in [7, 11) is 0. The lowest BCUT2D eigenvalue weighted by atomic mass is 10.1. The number of hydrogen-bond acceptors (Lipinski definition) is 2. The van der Waals surface area contributed by atoms with Crippen LogP contribution >= 0.6 is 15.9 Å². The Kier molecular flexibility index (Phi) is 4.00. The molecule has 0 unspecified atom stereocenters. The van der Waals surface area contributed by atoms with Crippen LogP contribution in [0.5, 0.6) is 0 Å². The monoisotopic (exact) mass is 282 g/mol. The van der Waals surface area contributed by atoms with E-state index in [1.165, 1.54) is 21.2 Å². The van der Waals surface area contributed by atoms with E-state index in [0.29, 0.717) is 0 Å². The third kappa shape index (κ3) is 2.84. The fourth-order valence-electron chi connectivity index (χ4n) is 2.07. The maximum absolute atomic E-state index is 3.67. The van der Waals surface area contributed by atoms with E-state index in [9.17, 15) is 0 Å². The van der Waals surface area contributed by atoms with Crippen molar-refractivity contribution in [1.82, 2.24) is 10.2 Å². The third-order valence-electron chi connectivity index (χ3n) is 3.27. The van der Waals surface area contributed by atoms with Crippen molar-refractivity contribution in [1.29, 1.82) is 0 Å². The summed E-state index contributed by atoms with van der Waals surface area (Å²) in [6.45, 7) is 9.94. The van der Waals surface area contributed by atoms with E-state index in [0.717, 1.165) is 32.7 Å². The zero-order valence-corrected chi connectivity index (χ0v) is 11.6. The molecular formula is C13H19BrN2. The summed E-state index contributed by atoms with van der Waals surface area (Å²) < 4.78 is 1.24. The highest BCUT2D eigenvalue weighted by atomic mass is 79.9. The van der Waals surface area contributed by atoms with Crippen molar-refractivity contribution >= 4 is 15.9 Å². The van der Waals surface area contributed by atoms with E-state index in [1.807, 2.05) is 0 Å². The summed E-state index contributed by atoms with van der Waals surface area (Å²) in [5.41, 5.74) is 4.15. The van der Waals surface area contributed by atoms with E-state index in [4.69, 9.17) is 0 Å². The van der Waals surface area contributed by atoms with Gasteiger partial charge in [0.25, 0.3) is 0 Å². The predicted octanol–water partition coefficient (Wildman–Crippen LogP) is 2.47. The highest BCUT2D eigenvalue weighted by Crippen LogP contribution is 2.22. The largest absolute Gasteiger partial charge is 0.314 e. The minimum atomic E-state index is 1.06. The lowest BCUT2D eigenvalue weighted by Crippen LogP contribution is -2.42. The summed E-state index contributed by atoms with van der Waals surface area (Å²) in [5, 5.41) is 3.38. The van der Waals surface area contributed by atoms with Gasteiger partial charge in [0, 0.05) is 37.2 Å². The molecule has 0 aromatic heterocycles. The Labute approximate surface area is 106 Å². The van der Waals surface area contributed by atoms with Gasteiger partial charge < -0.3 is 5.32 Å². The van der Waals surface area contributed by atoms with Gasteiger partial charge in [0.1, 0.15) is 0 Å². The molecule has 0 aliphatic carbocycles. The smallest absolute Gasteiger partial charge is 0.0246 e. The fourth-order valence-corrected chi connectivity index (χ4v) is 2.66. The minimum absolute atomic E-state index is 1.06. The molecule has 0 bridgehead atoms. The molecule has 1 saturated heterocycles. The summed E-state index contributed by atoms with van der Waals surface area (Å²) in [5.74, 6) is 0. The van der Waals surface area contributed by atoms with Gasteiger partial charge in [-0.25, -0.2) is 0 Å². The average molecular weight is 283 g/mol. The fraction of sp³-hybridized carbons (Fsp3) is 0.538. The molecule has 1 aromatic rings. The van der Waals surface area contributed by atoms with Gasteiger partial charge in [-0.1, -0.05) is 22.0 Å². The zero-order valence-electron chi connectivity index (χ0n) is 10.0. The molecule has 0 saturated carbocycles. The molecule has 0 atom stereocenters. The molecule has 1 aliphatic rings. The van der Waals surface area contributed by atoms with Gasteiger partial charge in [-0.05, 0) is 36.6 Å². The van der Waals surface area contributed by atoms with Crippen molar-refractivity contribution in [2.24, 2.45) is 0 Å². The molecule has 1 aliphatic heterocycles. The first-order chi connectivity index (χ1) is 7.66. The molecule has 2 nitrogen and oxygen atoms in total. The molecule has 2 rings (SSSR count). The van der Waals surface area contributed by atoms with Crippen molar-refractivity contribution < 1.29 is 0 Å². The van der Waals surface area contributed by atoms with Crippen molar-refractivity contribution in [3.8, 4) is 0 Å². The topological polar surface area (TPSA) is 15.3 Å². The Morgan fingerprint density at radius 3 is 2.50 bits per heavy atom. The number of halogens is 1. The predicted molar refractivity (Wildman–Crippen MR) is 71.8 cm³/mol. The maximum atomic E-state index is 3.67. The minimum Gasteiger partial charge on any atom is -0.314 e.